The van der Waals surface area contributed by atoms with E-state index in [1.54, 1.807) is 23.9 Å². The van der Waals surface area contributed by atoms with Crippen LogP contribution in [0.15, 0.2) is 30.1 Å². The van der Waals surface area contributed by atoms with E-state index in [1.165, 1.54) is 7.11 Å². The molecule has 0 N–H and O–H groups in total. The maximum atomic E-state index is 11.0. The van der Waals surface area contributed by atoms with E-state index in [1.807, 2.05) is 12.3 Å². The lowest BCUT2D eigenvalue weighted by Crippen LogP contribution is -2.03. The Bertz CT molecular complexity index is 301. The molecule has 0 fully saturated rings. The Labute approximate surface area is 76.8 Å². The first-order valence-electron chi connectivity index (χ1n) is 3.96. The first-order valence-corrected chi connectivity index (χ1v) is 3.96. The van der Waals surface area contributed by atoms with Gasteiger partial charge in [-0.2, -0.15) is 5.10 Å². The quantitative estimate of drug-likeness (QED) is 0.515. The summed E-state index contributed by atoms with van der Waals surface area (Å²) >= 11 is 0. The van der Waals surface area contributed by atoms with Crippen molar-refractivity contribution in [1.82, 2.24) is 9.78 Å². The van der Waals surface area contributed by atoms with Crippen molar-refractivity contribution in [2.45, 2.75) is 13.5 Å². The van der Waals surface area contributed by atoms with Crippen molar-refractivity contribution in [2.75, 3.05) is 7.11 Å². The van der Waals surface area contributed by atoms with Gasteiger partial charge in [0.2, 0.25) is 0 Å². The highest BCUT2D eigenvalue weighted by atomic mass is 16.5. The third kappa shape index (κ3) is 2.74. The van der Waals surface area contributed by atoms with Gasteiger partial charge in [0.15, 0.2) is 0 Å². The van der Waals surface area contributed by atoms with Crippen molar-refractivity contribution < 1.29 is 9.53 Å². The van der Waals surface area contributed by atoms with Crippen LogP contribution in [-0.2, 0) is 16.1 Å². The molecule has 0 spiro atoms. The number of aromatic nitrogens is 2. The maximum absolute atomic E-state index is 11.0. The van der Waals surface area contributed by atoms with Gasteiger partial charge in [0.1, 0.15) is 0 Å². The first kappa shape index (κ1) is 9.51. The van der Waals surface area contributed by atoms with Crippen LogP contribution < -0.4 is 0 Å². The number of carbonyl (C=O) groups excluding carboxylic acids is 1. The first-order chi connectivity index (χ1) is 6.24. The summed E-state index contributed by atoms with van der Waals surface area (Å²) in [6.07, 6.45) is 5.31. The van der Waals surface area contributed by atoms with Gasteiger partial charge in [-0.1, -0.05) is 6.08 Å². The number of rotatable bonds is 3. The van der Waals surface area contributed by atoms with Gasteiger partial charge >= 0.3 is 5.97 Å². The molecular weight excluding hydrogens is 168 g/mol. The topological polar surface area (TPSA) is 44.1 Å². The molecule has 0 bridgehead atoms. The highest BCUT2D eigenvalue weighted by molar-refractivity contribution is 5.87. The standard InChI is InChI=1S/C9H12N2O2/c1-8(9(12)13-2)4-7-11-6-3-5-10-11/h3-6H,7H2,1-2H3. The van der Waals surface area contributed by atoms with Crippen LogP contribution in [0.25, 0.3) is 0 Å². The molecule has 1 aromatic heterocycles. The molecule has 0 atom stereocenters. The van der Waals surface area contributed by atoms with Crippen molar-refractivity contribution in [1.29, 1.82) is 0 Å². The van der Waals surface area contributed by atoms with E-state index in [9.17, 15) is 4.79 Å². The molecule has 0 radical (unpaired) electrons. The second-order valence-electron chi connectivity index (χ2n) is 2.61. The fourth-order valence-electron chi connectivity index (χ4n) is 0.883. The number of hydrogen-bond acceptors (Lipinski definition) is 3. The highest BCUT2D eigenvalue weighted by Gasteiger charge is 2.01. The van der Waals surface area contributed by atoms with Gasteiger partial charge in [0.25, 0.3) is 0 Å². The molecule has 0 aliphatic rings. The molecule has 0 saturated carbocycles. The van der Waals surface area contributed by atoms with Gasteiger partial charge < -0.3 is 4.74 Å². The van der Waals surface area contributed by atoms with E-state index in [2.05, 4.69) is 9.84 Å². The van der Waals surface area contributed by atoms with Gasteiger partial charge in [-0.3, -0.25) is 4.68 Å². The van der Waals surface area contributed by atoms with E-state index in [0.29, 0.717) is 12.1 Å². The van der Waals surface area contributed by atoms with Crippen LogP contribution in [0.3, 0.4) is 0 Å². The minimum absolute atomic E-state index is 0.299. The average molecular weight is 180 g/mol. The Kier molecular flexibility index (Phi) is 3.25. The summed E-state index contributed by atoms with van der Waals surface area (Å²) in [5.74, 6) is -0.299. The summed E-state index contributed by atoms with van der Waals surface area (Å²) in [6.45, 7) is 2.31. The molecule has 0 unspecified atom stereocenters. The summed E-state index contributed by atoms with van der Waals surface area (Å²) in [4.78, 5) is 11.0. The summed E-state index contributed by atoms with van der Waals surface area (Å²) in [5.41, 5.74) is 0.595. The normalized spacial score (nSPS) is 11.4. The molecule has 0 saturated heterocycles. The molecule has 0 aliphatic carbocycles. The summed E-state index contributed by atoms with van der Waals surface area (Å²) in [5, 5.41) is 3.99. The van der Waals surface area contributed by atoms with E-state index in [4.69, 9.17) is 0 Å². The number of methoxy groups -OCH3 is 1. The SMILES string of the molecule is COC(=O)C(C)=CCn1cccn1. The lowest BCUT2D eigenvalue weighted by molar-refractivity contribution is -0.136. The Hall–Kier alpha value is -1.58. The number of nitrogens with zero attached hydrogens (tertiary/aromatic N) is 2. The van der Waals surface area contributed by atoms with Crippen LogP contribution >= 0.6 is 0 Å². The lowest BCUT2D eigenvalue weighted by atomic mass is 10.3. The highest BCUT2D eigenvalue weighted by Crippen LogP contribution is 1.96. The molecular formula is C9H12N2O2. The Balaban J connectivity index is 2.53. The largest absolute Gasteiger partial charge is 0.466 e. The summed E-state index contributed by atoms with van der Waals surface area (Å²) in [6, 6.07) is 1.83. The van der Waals surface area contributed by atoms with Gasteiger partial charge in [-0.05, 0) is 13.0 Å². The molecule has 4 nitrogen and oxygen atoms in total. The monoisotopic (exact) mass is 180 g/mol. The number of esters is 1. The minimum atomic E-state index is -0.299. The Morgan fingerprint density at radius 1 is 1.69 bits per heavy atom. The fourth-order valence-corrected chi connectivity index (χ4v) is 0.883. The second kappa shape index (κ2) is 4.45. The summed E-state index contributed by atoms with van der Waals surface area (Å²) < 4.78 is 6.27. The molecule has 0 aliphatic heterocycles. The van der Waals surface area contributed by atoms with Crippen LogP contribution in [-0.4, -0.2) is 22.9 Å². The zero-order chi connectivity index (χ0) is 9.68. The van der Waals surface area contributed by atoms with E-state index < -0.39 is 0 Å². The molecule has 0 aromatic carbocycles. The maximum Gasteiger partial charge on any atom is 0.333 e. The van der Waals surface area contributed by atoms with Crippen LogP contribution in [0.5, 0.6) is 0 Å². The van der Waals surface area contributed by atoms with Crippen LogP contribution in [0.1, 0.15) is 6.92 Å². The molecule has 1 heterocycles. The van der Waals surface area contributed by atoms with Crippen LogP contribution in [0.2, 0.25) is 0 Å². The van der Waals surface area contributed by atoms with Gasteiger partial charge in [0, 0.05) is 18.0 Å². The van der Waals surface area contributed by atoms with Crippen LogP contribution in [0.4, 0.5) is 0 Å². The number of allylic oxidation sites excluding steroid dienone is 1. The van der Waals surface area contributed by atoms with Gasteiger partial charge in [0.05, 0.1) is 13.7 Å². The van der Waals surface area contributed by atoms with Crippen molar-refractivity contribution >= 4 is 5.97 Å². The Morgan fingerprint density at radius 3 is 3.00 bits per heavy atom. The van der Waals surface area contributed by atoms with E-state index in [-0.39, 0.29) is 5.97 Å². The zero-order valence-corrected chi connectivity index (χ0v) is 7.73. The molecule has 13 heavy (non-hydrogen) atoms. The molecule has 70 valence electrons. The molecule has 4 heteroatoms. The second-order valence-corrected chi connectivity index (χ2v) is 2.61. The molecule has 1 rings (SSSR count). The number of hydrogen-bond donors (Lipinski definition) is 0. The zero-order valence-electron chi connectivity index (χ0n) is 7.73. The van der Waals surface area contributed by atoms with Gasteiger partial charge in [-0.15, -0.1) is 0 Å². The molecule has 1 aromatic rings. The Morgan fingerprint density at radius 2 is 2.46 bits per heavy atom. The number of ether oxygens (including phenoxy) is 1. The van der Waals surface area contributed by atoms with E-state index in [0.717, 1.165) is 0 Å². The minimum Gasteiger partial charge on any atom is -0.466 e. The predicted octanol–water partition coefficient (Wildman–Crippen LogP) is 1.00. The number of carbonyl (C=O) groups is 1. The average Bonchev–Trinajstić information content (AvgIpc) is 2.65. The van der Waals surface area contributed by atoms with Crippen LogP contribution in [0, 0.1) is 0 Å². The van der Waals surface area contributed by atoms with Crippen molar-refractivity contribution in [3.05, 3.63) is 30.1 Å². The lowest BCUT2D eigenvalue weighted by Gasteiger charge is -1.98. The van der Waals surface area contributed by atoms with Crippen molar-refractivity contribution in [2.24, 2.45) is 0 Å². The van der Waals surface area contributed by atoms with Crippen molar-refractivity contribution in [3.8, 4) is 0 Å². The molecule has 0 amide bonds. The fraction of sp³-hybridized carbons (Fsp3) is 0.333. The third-order valence-electron chi connectivity index (χ3n) is 1.65. The predicted molar refractivity (Wildman–Crippen MR) is 48.0 cm³/mol. The third-order valence-corrected chi connectivity index (χ3v) is 1.65. The van der Waals surface area contributed by atoms with Crippen molar-refractivity contribution in [3.63, 3.8) is 0 Å². The summed E-state index contributed by atoms with van der Waals surface area (Å²) in [7, 11) is 1.37. The van der Waals surface area contributed by atoms with Gasteiger partial charge in [-0.25, -0.2) is 4.79 Å². The van der Waals surface area contributed by atoms with E-state index >= 15 is 0 Å². The smallest absolute Gasteiger partial charge is 0.333 e.